The van der Waals surface area contributed by atoms with E-state index < -0.39 is 0 Å². The van der Waals surface area contributed by atoms with Gasteiger partial charge in [0.1, 0.15) is 0 Å². The number of nitrogens with two attached hydrogens (primary N) is 1. The molecular formula is C16H13N3O. The largest absolute Gasteiger partial charge is 0.382 e. The summed E-state index contributed by atoms with van der Waals surface area (Å²) in [7, 11) is 0. The Morgan fingerprint density at radius 1 is 0.950 bits per heavy atom. The van der Waals surface area contributed by atoms with Crippen molar-refractivity contribution >= 4 is 12.1 Å². The standard InChI is InChI=1S/C16H13N3O/c17-16-15(12-7-3-1-4-8-12)19(14(11-20)18-16)13-9-5-2-6-10-13/h1-11H,17H2. The van der Waals surface area contributed by atoms with Crippen molar-refractivity contribution in [3.63, 3.8) is 0 Å². The number of nitrogen functional groups attached to an aromatic ring is 1. The van der Waals surface area contributed by atoms with Crippen LogP contribution in [-0.4, -0.2) is 15.8 Å². The molecule has 0 saturated heterocycles. The molecule has 3 aromatic rings. The third-order valence-corrected chi connectivity index (χ3v) is 3.10. The van der Waals surface area contributed by atoms with Crippen molar-refractivity contribution in [2.75, 3.05) is 5.73 Å². The molecule has 2 aromatic carbocycles. The predicted octanol–water partition coefficient (Wildman–Crippen LogP) is 2.93. The van der Waals surface area contributed by atoms with E-state index in [1.54, 1.807) is 4.57 Å². The second kappa shape index (κ2) is 5.01. The highest BCUT2D eigenvalue weighted by Crippen LogP contribution is 2.29. The molecule has 0 saturated carbocycles. The number of para-hydroxylation sites is 1. The fourth-order valence-electron chi connectivity index (χ4n) is 2.25. The Morgan fingerprint density at radius 3 is 2.15 bits per heavy atom. The monoisotopic (exact) mass is 263 g/mol. The van der Waals surface area contributed by atoms with Gasteiger partial charge in [-0.2, -0.15) is 0 Å². The van der Waals surface area contributed by atoms with Gasteiger partial charge in [-0.3, -0.25) is 9.36 Å². The fourth-order valence-corrected chi connectivity index (χ4v) is 2.25. The second-order valence-electron chi connectivity index (χ2n) is 4.36. The van der Waals surface area contributed by atoms with E-state index in [0.29, 0.717) is 11.6 Å². The van der Waals surface area contributed by atoms with E-state index in [-0.39, 0.29) is 0 Å². The van der Waals surface area contributed by atoms with Crippen LogP contribution < -0.4 is 5.73 Å². The maximum atomic E-state index is 11.3. The summed E-state index contributed by atoms with van der Waals surface area (Å²) < 4.78 is 1.78. The lowest BCUT2D eigenvalue weighted by atomic mass is 10.1. The van der Waals surface area contributed by atoms with Crippen LogP contribution in [0.2, 0.25) is 0 Å². The molecule has 4 heteroatoms. The van der Waals surface area contributed by atoms with Crippen molar-refractivity contribution in [1.82, 2.24) is 9.55 Å². The minimum atomic E-state index is 0.299. The predicted molar refractivity (Wildman–Crippen MR) is 78.8 cm³/mol. The Labute approximate surface area is 116 Å². The average Bonchev–Trinajstić information content (AvgIpc) is 2.85. The van der Waals surface area contributed by atoms with Crippen molar-refractivity contribution < 1.29 is 4.79 Å². The minimum absolute atomic E-state index is 0.299. The Morgan fingerprint density at radius 2 is 1.55 bits per heavy atom. The Hall–Kier alpha value is -2.88. The van der Waals surface area contributed by atoms with Gasteiger partial charge in [0.15, 0.2) is 17.9 Å². The van der Waals surface area contributed by atoms with Gasteiger partial charge in [0.25, 0.3) is 0 Å². The molecule has 0 aliphatic carbocycles. The molecule has 1 heterocycles. The van der Waals surface area contributed by atoms with Crippen molar-refractivity contribution in [1.29, 1.82) is 0 Å². The van der Waals surface area contributed by atoms with Crippen LogP contribution in [0.4, 0.5) is 5.82 Å². The van der Waals surface area contributed by atoms with Crippen LogP contribution in [0.15, 0.2) is 60.7 Å². The molecule has 0 aliphatic rings. The van der Waals surface area contributed by atoms with Gasteiger partial charge in [0, 0.05) is 11.3 Å². The van der Waals surface area contributed by atoms with E-state index in [9.17, 15) is 4.79 Å². The zero-order valence-electron chi connectivity index (χ0n) is 10.7. The summed E-state index contributed by atoms with van der Waals surface area (Å²) in [4.78, 5) is 15.4. The number of anilines is 1. The number of hydrogen-bond acceptors (Lipinski definition) is 3. The number of carbonyl (C=O) groups excluding carboxylic acids is 1. The fraction of sp³-hybridized carbons (Fsp3) is 0. The van der Waals surface area contributed by atoms with E-state index in [4.69, 9.17) is 5.73 Å². The van der Waals surface area contributed by atoms with Crippen molar-refractivity contribution in [3.05, 3.63) is 66.5 Å². The van der Waals surface area contributed by atoms with Crippen LogP contribution in [0.25, 0.3) is 16.9 Å². The molecule has 0 aliphatic heterocycles. The highest BCUT2D eigenvalue weighted by molar-refractivity contribution is 5.81. The van der Waals surface area contributed by atoms with Crippen LogP contribution >= 0.6 is 0 Å². The maximum absolute atomic E-state index is 11.3. The summed E-state index contributed by atoms with van der Waals surface area (Å²) in [5, 5.41) is 0. The molecular weight excluding hydrogens is 250 g/mol. The van der Waals surface area contributed by atoms with Crippen LogP contribution in [0, 0.1) is 0 Å². The lowest BCUT2D eigenvalue weighted by molar-refractivity contribution is 0.111. The summed E-state index contributed by atoms with van der Waals surface area (Å²) in [6.07, 6.45) is 0.718. The Bertz CT molecular complexity index is 733. The third kappa shape index (κ3) is 1.97. The number of benzene rings is 2. The summed E-state index contributed by atoms with van der Waals surface area (Å²) >= 11 is 0. The zero-order valence-corrected chi connectivity index (χ0v) is 10.7. The van der Waals surface area contributed by atoms with Gasteiger partial charge in [-0.05, 0) is 12.1 Å². The summed E-state index contributed by atoms with van der Waals surface area (Å²) in [5.41, 5.74) is 8.52. The van der Waals surface area contributed by atoms with Crippen LogP contribution in [-0.2, 0) is 0 Å². The number of rotatable bonds is 3. The first-order valence-electron chi connectivity index (χ1n) is 6.25. The van der Waals surface area contributed by atoms with Gasteiger partial charge in [0.05, 0.1) is 5.69 Å². The quantitative estimate of drug-likeness (QED) is 0.739. The maximum Gasteiger partial charge on any atom is 0.186 e. The lowest BCUT2D eigenvalue weighted by Gasteiger charge is -2.10. The van der Waals surface area contributed by atoms with Gasteiger partial charge in [0.2, 0.25) is 0 Å². The van der Waals surface area contributed by atoms with E-state index in [0.717, 1.165) is 23.2 Å². The van der Waals surface area contributed by atoms with Gasteiger partial charge in [-0.25, -0.2) is 4.98 Å². The van der Waals surface area contributed by atoms with Crippen molar-refractivity contribution in [3.8, 4) is 16.9 Å². The lowest BCUT2D eigenvalue weighted by Crippen LogP contribution is -2.02. The van der Waals surface area contributed by atoms with Crippen LogP contribution in [0.1, 0.15) is 10.6 Å². The minimum Gasteiger partial charge on any atom is -0.382 e. The zero-order chi connectivity index (χ0) is 13.9. The van der Waals surface area contributed by atoms with E-state index in [1.807, 2.05) is 60.7 Å². The van der Waals surface area contributed by atoms with Gasteiger partial charge in [-0.1, -0.05) is 48.5 Å². The first kappa shape index (κ1) is 12.2. The highest BCUT2D eigenvalue weighted by Gasteiger charge is 2.17. The van der Waals surface area contributed by atoms with Crippen LogP contribution in [0.3, 0.4) is 0 Å². The molecule has 0 radical (unpaired) electrons. The summed E-state index contributed by atoms with van der Waals surface area (Å²) in [6.45, 7) is 0. The normalized spacial score (nSPS) is 10.4. The molecule has 2 N–H and O–H groups in total. The highest BCUT2D eigenvalue weighted by atomic mass is 16.1. The number of aldehydes is 1. The molecule has 20 heavy (non-hydrogen) atoms. The molecule has 0 fully saturated rings. The summed E-state index contributed by atoms with van der Waals surface area (Å²) in [6, 6.07) is 19.3. The molecule has 0 spiro atoms. The first-order chi connectivity index (χ1) is 9.81. The van der Waals surface area contributed by atoms with Crippen molar-refractivity contribution in [2.45, 2.75) is 0 Å². The first-order valence-corrected chi connectivity index (χ1v) is 6.25. The van der Waals surface area contributed by atoms with E-state index in [1.165, 1.54) is 0 Å². The number of carbonyl (C=O) groups is 1. The second-order valence-corrected chi connectivity index (χ2v) is 4.36. The molecule has 0 unspecified atom stereocenters. The molecule has 3 rings (SSSR count). The number of aromatic nitrogens is 2. The Balaban J connectivity index is 2.30. The van der Waals surface area contributed by atoms with Gasteiger partial charge in [-0.15, -0.1) is 0 Å². The average molecular weight is 263 g/mol. The van der Waals surface area contributed by atoms with E-state index in [2.05, 4.69) is 4.98 Å². The molecule has 0 atom stereocenters. The Kier molecular flexibility index (Phi) is 3.05. The number of nitrogens with zero attached hydrogens (tertiary/aromatic N) is 2. The van der Waals surface area contributed by atoms with Gasteiger partial charge < -0.3 is 5.73 Å². The summed E-state index contributed by atoms with van der Waals surface area (Å²) in [5.74, 6) is 0.648. The molecule has 0 amide bonds. The van der Waals surface area contributed by atoms with E-state index >= 15 is 0 Å². The number of hydrogen-bond donors (Lipinski definition) is 1. The molecule has 98 valence electrons. The van der Waals surface area contributed by atoms with Crippen molar-refractivity contribution in [2.24, 2.45) is 0 Å². The third-order valence-electron chi connectivity index (χ3n) is 3.10. The molecule has 0 bridgehead atoms. The SMILES string of the molecule is Nc1nc(C=O)n(-c2ccccc2)c1-c1ccccc1. The van der Waals surface area contributed by atoms with Crippen LogP contribution in [0.5, 0.6) is 0 Å². The molecule has 4 nitrogen and oxygen atoms in total. The topological polar surface area (TPSA) is 60.9 Å². The smallest absolute Gasteiger partial charge is 0.186 e. The van der Waals surface area contributed by atoms with Gasteiger partial charge >= 0.3 is 0 Å². The molecule has 1 aromatic heterocycles. The number of imidazole rings is 1.